The van der Waals surface area contributed by atoms with Gasteiger partial charge in [-0.3, -0.25) is 14.5 Å². The Morgan fingerprint density at radius 1 is 1.43 bits per heavy atom. The minimum atomic E-state index is -0.289. The van der Waals surface area contributed by atoms with Crippen LogP contribution < -0.4 is 5.32 Å². The van der Waals surface area contributed by atoms with Gasteiger partial charge in [0.1, 0.15) is 0 Å². The third kappa shape index (κ3) is 6.42. The molecule has 0 saturated heterocycles. The van der Waals surface area contributed by atoms with Crippen molar-refractivity contribution in [2.75, 3.05) is 33.8 Å². The molecule has 0 rings (SSSR count). The third-order valence-electron chi connectivity index (χ3n) is 1.72. The lowest BCUT2D eigenvalue weighted by Gasteiger charge is -2.14. The molecule has 0 heterocycles. The number of rotatable bonds is 6. The van der Waals surface area contributed by atoms with Gasteiger partial charge in [0.05, 0.1) is 13.7 Å². The van der Waals surface area contributed by atoms with E-state index in [1.165, 1.54) is 7.11 Å². The van der Waals surface area contributed by atoms with Crippen LogP contribution in [0, 0.1) is 0 Å². The van der Waals surface area contributed by atoms with E-state index in [-0.39, 0.29) is 18.4 Å². The van der Waals surface area contributed by atoms with Crippen LogP contribution in [0.4, 0.5) is 0 Å². The molecule has 0 spiro atoms. The Morgan fingerprint density at radius 2 is 2.07 bits per heavy atom. The summed E-state index contributed by atoms with van der Waals surface area (Å²) < 4.78 is 4.49. The van der Waals surface area contributed by atoms with E-state index < -0.39 is 0 Å². The van der Waals surface area contributed by atoms with E-state index in [1.807, 2.05) is 6.92 Å². The molecule has 0 aliphatic carbocycles. The Labute approximate surface area is 84.4 Å². The average Bonchev–Trinajstić information content (AvgIpc) is 2.15. The standard InChI is InChI=1S/C9H18N2O3/c1-4-10-8(12)5-6-11(2)7-9(13)14-3/h4-7H2,1-3H3,(H,10,12). The average molecular weight is 202 g/mol. The Kier molecular flexibility index (Phi) is 6.74. The van der Waals surface area contributed by atoms with Crippen LogP contribution in [-0.2, 0) is 14.3 Å². The first-order valence-corrected chi connectivity index (χ1v) is 4.62. The fraction of sp³-hybridized carbons (Fsp3) is 0.778. The lowest BCUT2D eigenvalue weighted by atomic mass is 10.3. The van der Waals surface area contributed by atoms with Crippen LogP contribution in [-0.4, -0.2) is 50.6 Å². The number of hydrogen-bond donors (Lipinski definition) is 1. The Hall–Kier alpha value is -1.10. The maximum absolute atomic E-state index is 11.0. The molecule has 0 aromatic carbocycles. The largest absolute Gasteiger partial charge is 0.468 e. The quantitative estimate of drug-likeness (QED) is 0.596. The molecule has 0 fully saturated rings. The highest BCUT2D eigenvalue weighted by Crippen LogP contribution is 1.88. The molecule has 82 valence electrons. The molecular weight excluding hydrogens is 184 g/mol. The SMILES string of the molecule is CCNC(=O)CCN(C)CC(=O)OC. The summed E-state index contributed by atoms with van der Waals surface area (Å²) >= 11 is 0. The van der Waals surface area contributed by atoms with Crippen LogP contribution in [0.1, 0.15) is 13.3 Å². The molecule has 0 aromatic heterocycles. The second-order valence-corrected chi connectivity index (χ2v) is 3.02. The minimum absolute atomic E-state index is 0.00390. The lowest BCUT2D eigenvalue weighted by Crippen LogP contribution is -2.32. The van der Waals surface area contributed by atoms with Crippen LogP contribution in [0.15, 0.2) is 0 Å². The number of ether oxygens (including phenoxy) is 1. The van der Waals surface area contributed by atoms with E-state index in [0.29, 0.717) is 19.5 Å². The Bertz CT molecular complexity index is 194. The summed E-state index contributed by atoms with van der Waals surface area (Å²) in [6.45, 7) is 3.28. The van der Waals surface area contributed by atoms with Crippen LogP contribution in [0.25, 0.3) is 0 Å². The molecule has 0 aliphatic heterocycles. The molecule has 0 radical (unpaired) electrons. The van der Waals surface area contributed by atoms with Crippen molar-refractivity contribution in [1.29, 1.82) is 0 Å². The van der Waals surface area contributed by atoms with Crippen LogP contribution in [0.5, 0.6) is 0 Å². The lowest BCUT2D eigenvalue weighted by molar-refractivity contribution is -0.141. The minimum Gasteiger partial charge on any atom is -0.468 e. The predicted octanol–water partition coefficient (Wildman–Crippen LogP) is -0.383. The monoisotopic (exact) mass is 202 g/mol. The van der Waals surface area contributed by atoms with Gasteiger partial charge in [0.25, 0.3) is 0 Å². The molecule has 1 N–H and O–H groups in total. The zero-order chi connectivity index (χ0) is 11.0. The van der Waals surface area contributed by atoms with Crippen LogP contribution >= 0.6 is 0 Å². The van der Waals surface area contributed by atoms with Crippen molar-refractivity contribution in [1.82, 2.24) is 10.2 Å². The van der Waals surface area contributed by atoms with Crippen molar-refractivity contribution in [2.45, 2.75) is 13.3 Å². The number of esters is 1. The highest BCUT2D eigenvalue weighted by molar-refractivity contribution is 5.76. The zero-order valence-electron chi connectivity index (χ0n) is 9.00. The van der Waals surface area contributed by atoms with Crippen molar-refractivity contribution in [2.24, 2.45) is 0 Å². The highest BCUT2D eigenvalue weighted by atomic mass is 16.5. The molecule has 5 nitrogen and oxygen atoms in total. The van der Waals surface area contributed by atoms with Gasteiger partial charge in [-0.15, -0.1) is 0 Å². The Morgan fingerprint density at radius 3 is 2.57 bits per heavy atom. The van der Waals surface area contributed by atoms with Crippen molar-refractivity contribution in [3.63, 3.8) is 0 Å². The fourth-order valence-electron chi connectivity index (χ4n) is 0.942. The van der Waals surface area contributed by atoms with Gasteiger partial charge in [-0.25, -0.2) is 0 Å². The van der Waals surface area contributed by atoms with E-state index in [1.54, 1.807) is 11.9 Å². The topological polar surface area (TPSA) is 58.6 Å². The highest BCUT2D eigenvalue weighted by Gasteiger charge is 2.07. The summed E-state index contributed by atoms with van der Waals surface area (Å²) in [5.74, 6) is -0.285. The molecule has 0 aromatic rings. The molecule has 14 heavy (non-hydrogen) atoms. The first kappa shape index (κ1) is 12.9. The molecule has 1 amide bonds. The van der Waals surface area contributed by atoms with Gasteiger partial charge in [0, 0.05) is 19.5 Å². The smallest absolute Gasteiger partial charge is 0.319 e. The van der Waals surface area contributed by atoms with Gasteiger partial charge in [0.15, 0.2) is 0 Å². The van der Waals surface area contributed by atoms with Crippen LogP contribution in [0.2, 0.25) is 0 Å². The number of carbonyl (C=O) groups excluding carboxylic acids is 2. The number of nitrogens with one attached hydrogen (secondary N) is 1. The van der Waals surface area contributed by atoms with E-state index in [2.05, 4.69) is 10.1 Å². The summed E-state index contributed by atoms with van der Waals surface area (Å²) in [5.41, 5.74) is 0. The number of methoxy groups -OCH3 is 1. The zero-order valence-corrected chi connectivity index (χ0v) is 9.00. The van der Waals surface area contributed by atoms with Gasteiger partial charge < -0.3 is 10.1 Å². The summed E-state index contributed by atoms with van der Waals surface area (Å²) in [6, 6.07) is 0. The second-order valence-electron chi connectivity index (χ2n) is 3.02. The van der Waals surface area contributed by atoms with Gasteiger partial charge in [-0.05, 0) is 14.0 Å². The van der Waals surface area contributed by atoms with Gasteiger partial charge >= 0.3 is 5.97 Å². The first-order chi connectivity index (χ1) is 6.60. The van der Waals surface area contributed by atoms with Gasteiger partial charge in [-0.2, -0.15) is 0 Å². The van der Waals surface area contributed by atoms with Crippen molar-refractivity contribution < 1.29 is 14.3 Å². The number of carbonyl (C=O) groups is 2. The second kappa shape index (κ2) is 7.32. The number of likely N-dealkylation sites (N-methyl/N-ethyl adjacent to an activating group) is 1. The number of hydrogen-bond acceptors (Lipinski definition) is 4. The number of nitrogens with zero attached hydrogens (tertiary/aromatic N) is 1. The summed E-state index contributed by atoms with van der Waals surface area (Å²) in [7, 11) is 3.12. The summed E-state index contributed by atoms with van der Waals surface area (Å²) in [4.78, 5) is 23.6. The van der Waals surface area contributed by atoms with Gasteiger partial charge in [-0.1, -0.05) is 0 Å². The fourth-order valence-corrected chi connectivity index (χ4v) is 0.942. The van der Waals surface area contributed by atoms with Crippen LogP contribution in [0.3, 0.4) is 0 Å². The normalized spacial score (nSPS) is 10.0. The third-order valence-corrected chi connectivity index (χ3v) is 1.72. The predicted molar refractivity (Wildman–Crippen MR) is 52.8 cm³/mol. The van der Waals surface area contributed by atoms with Crippen molar-refractivity contribution in [3.05, 3.63) is 0 Å². The van der Waals surface area contributed by atoms with E-state index >= 15 is 0 Å². The van der Waals surface area contributed by atoms with E-state index in [9.17, 15) is 9.59 Å². The first-order valence-electron chi connectivity index (χ1n) is 4.62. The molecule has 0 aliphatic rings. The number of amides is 1. The van der Waals surface area contributed by atoms with Crippen molar-refractivity contribution >= 4 is 11.9 Å². The molecule has 0 atom stereocenters. The van der Waals surface area contributed by atoms with Gasteiger partial charge in [0.2, 0.25) is 5.91 Å². The maximum Gasteiger partial charge on any atom is 0.319 e. The molecule has 0 unspecified atom stereocenters. The summed E-state index contributed by atoms with van der Waals surface area (Å²) in [6.07, 6.45) is 0.404. The Balaban J connectivity index is 3.57. The molecule has 5 heteroatoms. The maximum atomic E-state index is 11.0. The summed E-state index contributed by atoms with van der Waals surface area (Å²) in [5, 5.41) is 2.69. The molecule has 0 bridgehead atoms. The molecule has 0 saturated carbocycles. The van der Waals surface area contributed by atoms with E-state index in [4.69, 9.17) is 0 Å². The van der Waals surface area contributed by atoms with Crippen molar-refractivity contribution in [3.8, 4) is 0 Å². The molecular formula is C9H18N2O3. The van der Waals surface area contributed by atoms with E-state index in [0.717, 1.165) is 0 Å².